The molecule has 0 saturated heterocycles. The zero-order valence-corrected chi connectivity index (χ0v) is 13.4. The minimum absolute atomic E-state index is 0.0410. The summed E-state index contributed by atoms with van der Waals surface area (Å²) in [6.07, 6.45) is -0.654. The van der Waals surface area contributed by atoms with Crippen molar-refractivity contribution in [3.8, 4) is 0 Å². The third kappa shape index (κ3) is 5.51. The number of benzene rings is 1. The first-order valence-corrected chi connectivity index (χ1v) is 9.92. The van der Waals surface area contributed by atoms with Gasteiger partial charge in [-0.2, -0.15) is 5.90 Å². The molecule has 8 nitrogen and oxygen atoms in total. The lowest BCUT2D eigenvalue weighted by Gasteiger charge is -2.18. The molecule has 1 rings (SSSR count). The third-order valence-corrected chi connectivity index (χ3v) is 6.99. The fraction of sp³-hybridized carbons (Fsp3) is 0.417. The fourth-order valence-corrected chi connectivity index (χ4v) is 5.28. The Morgan fingerprint density at radius 3 is 2.45 bits per heavy atom. The summed E-state index contributed by atoms with van der Waals surface area (Å²) in [6, 6.07) is 7.32. The number of aliphatic hydroxyl groups excluding tert-OH is 1. The molecule has 0 bridgehead atoms. The minimum atomic E-state index is -4.14. The maximum absolute atomic E-state index is 12.0. The zero-order chi connectivity index (χ0) is 16.8. The van der Waals surface area contributed by atoms with Crippen LogP contribution < -0.4 is 5.90 Å². The number of carbonyl (C=O) groups is 1. The molecule has 1 aromatic rings. The van der Waals surface area contributed by atoms with Gasteiger partial charge in [0, 0.05) is 12.6 Å². The number of sulfone groups is 1. The van der Waals surface area contributed by atoms with E-state index in [-0.39, 0.29) is 17.7 Å². The first-order valence-electron chi connectivity index (χ1n) is 6.36. The lowest BCUT2D eigenvalue weighted by Crippen LogP contribution is -2.22. The van der Waals surface area contributed by atoms with E-state index in [0.29, 0.717) is 0 Å². The Balaban J connectivity index is 2.68. The van der Waals surface area contributed by atoms with Crippen molar-refractivity contribution in [3.05, 3.63) is 30.3 Å². The van der Waals surface area contributed by atoms with Crippen LogP contribution in [0, 0.1) is 0 Å². The Bertz CT molecular complexity index is 647. The molecular weight excluding hydrogens is 333 g/mol. The van der Waals surface area contributed by atoms with E-state index in [0.717, 1.165) is 0 Å². The first-order chi connectivity index (χ1) is 10.2. The highest BCUT2D eigenvalue weighted by atomic mass is 32.2. The van der Waals surface area contributed by atoms with Crippen molar-refractivity contribution < 1.29 is 32.6 Å². The molecule has 124 valence electrons. The van der Waals surface area contributed by atoms with E-state index in [4.69, 9.17) is 0 Å². The van der Waals surface area contributed by atoms with E-state index in [1.54, 1.807) is 6.07 Å². The van der Waals surface area contributed by atoms with Gasteiger partial charge in [0.05, 0.1) is 10.6 Å². The second-order valence-corrected chi connectivity index (χ2v) is 9.24. The molecule has 22 heavy (non-hydrogen) atoms. The number of aliphatic hydroxyl groups is 1. The highest BCUT2D eigenvalue weighted by molar-refractivity contribution is 7.91. The maximum Gasteiger partial charge on any atom is 0.324 e. The van der Waals surface area contributed by atoms with Crippen LogP contribution in [-0.4, -0.2) is 42.1 Å². The molecule has 0 spiro atoms. The smallest absolute Gasteiger partial charge is 0.324 e. The molecule has 0 aliphatic carbocycles. The summed E-state index contributed by atoms with van der Waals surface area (Å²) in [5.74, 6) is 1.07. The predicted molar refractivity (Wildman–Crippen MR) is 78.7 cm³/mol. The summed E-state index contributed by atoms with van der Waals surface area (Å²) >= 11 is 0. The van der Waals surface area contributed by atoms with Crippen LogP contribution in [0.25, 0.3) is 0 Å². The van der Waals surface area contributed by atoms with Crippen molar-refractivity contribution >= 4 is 23.2 Å². The maximum atomic E-state index is 12.0. The van der Waals surface area contributed by atoms with Crippen LogP contribution in [0.4, 0.5) is 0 Å². The van der Waals surface area contributed by atoms with E-state index in [9.17, 15) is 27.8 Å². The minimum Gasteiger partial charge on any atom is -0.382 e. The molecule has 10 heteroatoms. The summed E-state index contributed by atoms with van der Waals surface area (Å²) in [4.78, 5) is 24.4. The van der Waals surface area contributed by atoms with Crippen LogP contribution >= 0.6 is 7.37 Å². The van der Waals surface area contributed by atoms with Crippen molar-refractivity contribution in [1.29, 1.82) is 0 Å². The van der Waals surface area contributed by atoms with Gasteiger partial charge in [0.25, 0.3) is 0 Å². The van der Waals surface area contributed by atoms with Gasteiger partial charge >= 0.3 is 5.97 Å². The van der Waals surface area contributed by atoms with Gasteiger partial charge in [-0.15, -0.1) is 0 Å². The van der Waals surface area contributed by atoms with Crippen LogP contribution in [0.15, 0.2) is 35.2 Å². The summed E-state index contributed by atoms with van der Waals surface area (Å²) in [6.45, 7) is 0. The van der Waals surface area contributed by atoms with Crippen LogP contribution in [0.1, 0.15) is 12.8 Å². The monoisotopic (exact) mass is 351 g/mol. The van der Waals surface area contributed by atoms with Crippen molar-refractivity contribution in [1.82, 2.24) is 0 Å². The van der Waals surface area contributed by atoms with Gasteiger partial charge in [0.1, 0.15) is 5.85 Å². The van der Waals surface area contributed by atoms with E-state index in [2.05, 4.69) is 10.7 Å². The van der Waals surface area contributed by atoms with Crippen molar-refractivity contribution in [2.45, 2.75) is 23.6 Å². The summed E-state index contributed by atoms with van der Waals surface area (Å²) in [5, 5.41) is 9.76. The molecule has 0 aliphatic rings. The molecule has 0 radical (unpaired) electrons. The number of hydrogen-bond donors (Lipinski definition) is 3. The lowest BCUT2D eigenvalue weighted by atomic mass is 10.3. The Labute approximate surface area is 128 Å². The number of carbonyl (C=O) groups excluding carboxylic acids is 1. The summed E-state index contributed by atoms with van der Waals surface area (Å²) < 4.78 is 36.0. The Morgan fingerprint density at radius 1 is 1.32 bits per heavy atom. The molecule has 0 aromatic heterocycles. The van der Waals surface area contributed by atoms with Gasteiger partial charge in [0.15, 0.2) is 9.84 Å². The average Bonchev–Trinajstić information content (AvgIpc) is 2.47. The molecule has 1 aromatic carbocycles. The molecule has 0 fully saturated rings. The highest BCUT2D eigenvalue weighted by Gasteiger charge is 2.33. The van der Waals surface area contributed by atoms with Crippen molar-refractivity contribution in [2.24, 2.45) is 5.90 Å². The number of hydrogen-bond acceptors (Lipinski definition) is 7. The second kappa shape index (κ2) is 7.85. The van der Waals surface area contributed by atoms with Crippen LogP contribution in [0.2, 0.25) is 0 Å². The molecule has 0 heterocycles. The van der Waals surface area contributed by atoms with Gasteiger partial charge in [-0.05, 0) is 18.6 Å². The topological polar surface area (TPSA) is 144 Å². The molecule has 2 atom stereocenters. The SMILES string of the molecule is NOC(=O)CCCP(=O)(O)[C@H](O)CS(=O)(=O)c1ccccc1. The standard InChI is InChI=1S/C12H18NO7PS/c13-20-11(14)7-4-8-21(16,17)12(15)9-22(18,19)10-5-2-1-3-6-10/h1-3,5-6,12,15H,4,7-9,13H2,(H,16,17)/t12-/m0/s1. The Kier molecular flexibility index (Phi) is 6.70. The number of nitrogens with two attached hydrogens (primary N) is 1. The van der Waals surface area contributed by atoms with E-state index in [1.807, 2.05) is 0 Å². The van der Waals surface area contributed by atoms with Gasteiger partial charge in [-0.1, -0.05) is 18.2 Å². The fourth-order valence-electron chi connectivity index (χ4n) is 1.69. The largest absolute Gasteiger partial charge is 0.382 e. The average molecular weight is 351 g/mol. The van der Waals surface area contributed by atoms with Crippen molar-refractivity contribution in [3.63, 3.8) is 0 Å². The normalized spacial score (nSPS) is 15.8. The van der Waals surface area contributed by atoms with Crippen molar-refractivity contribution in [2.75, 3.05) is 11.9 Å². The quantitative estimate of drug-likeness (QED) is 0.446. The molecule has 0 aliphatic heterocycles. The Hall–Kier alpha value is -1.25. The molecule has 4 N–H and O–H groups in total. The molecular formula is C12H18NO7PS. The van der Waals surface area contributed by atoms with Crippen LogP contribution in [0.5, 0.6) is 0 Å². The molecule has 0 saturated carbocycles. The zero-order valence-electron chi connectivity index (χ0n) is 11.7. The van der Waals surface area contributed by atoms with Crippen LogP contribution in [-0.2, 0) is 24.0 Å². The molecule has 1 unspecified atom stereocenters. The van der Waals surface area contributed by atoms with Crippen LogP contribution in [0.3, 0.4) is 0 Å². The molecule has 0 amide bonds. The second-order valence-electron chi connectivity index (χ2n) is 4.65. The highest BCUT2D eigenvalue weighted by Crippen LogP contribution is 2.46. The van der Waals surface area contributed by atoms with Gasteiger partial charge in [-0.25, -0.2) is 8.42 Å². The lowest BCUT2D eigenvalue weighted by molar-refractivity contribution is -0.144. The first kappa shape index (κ1) is 18.8. The predicted octanol–water partition coefficient (Wildman–Crippen LogP) is 0.246. The van der Waals surface area contributed by atoms with E-state index < -0.39 is 40.9 Å². The van der Waals surface area contributed by atoms with Gasteiger partial charge in [0.2, 0.25) is 7.37 Å². The van der Waals surface area contributed by atoms with Gasteiger partial charge in [-0.3, -0.25) is 9.36 Å². The summed E-state index contributed by atoms with van der Waals surface area (Å²) in [5.41, 5.74) is 0. The Morgan fingerprint density at radius 2 is 1.91 bits per heavy atom. The summed E-state index contributed by atoms with van der Waals surface area (Å²) in [7, 11) is -8.02. The van der Waals surface area contributed by atoms with E-state index in [1.165, 1.54) is 24.3 Å². The number of rotatable bonds is 8. The van der Waals surface area contributed by atoms with E-state index >= 15 is 0 Å². The van der Waals surface area contributed by atoms with Gasteiger partial charge < -0.3 is 14.8 Å². The third-order valence-electron chi connectivity index (χ3n) is 2.93.